The lowest BCUT2D eigenvalue weighted by Gasteiger charge is -2.27. The van der Waals surface area contributed by atoms with Crippen LogP contribution >= 0.6 is 0 Å². The van der Waals surface area contributed by atoms with Gasteiger partial charge in [0.25, 0.3) is 11.1 Å². The second-order valence-corrected chi connectivity index (χ2v) is 9.49. The minimum Gasteiger partial charge on any atom is -0.308 e. The van der Waals surface area contributed by atoms with Crippen molar-refractivity contribution in [2.24, 2.45) is 5.10 Å². The standard InChI is InChI=1S/C32H29N5O3/c1-23(2)36(25-16-8-4-9-17-25)29(38)22-35-27-20-12-13-21-28(27)37(26-18-10-5-11-19-26)32(40)30(31(35)39)34-33-24-14-6-3-7-15-24/h3-21,23,33H,22H2,1-2H3/b34-30+. The number of carbonyl (C=O) groups excluding carboxylic acids is 1. The van der Waals surface area contributed by atoms with E-state index in [1.165, 1.54) is 9.13 Å². The van der Waals surface area contributed by atoms with Crippen LogP contribution < -0.4 is 26.8 Å². The van der Waals surface area contributed by atoms with Gasteiger partial charge < -0.3 is 4.90 Å². The number of amides is 1. The van der Waals surface area contributed by atoms with Crippen molar-refractivity contribution >= 4 is 28.3 Å². The molecule has 1 amide bonds. The number of fused-ring (bicyclic) bond motifs is 1. The second kappa shape index (κ2) is 11.7. The normalized spacial score (nSPS) is 11.5. The smallest absolute Gasteiger partial charge is 0.289 e. The summed E-state index contributed by atoms with van der Waals surface area (Å²) in [5.41, 5.74) is 4.37. The SMILES string of the molecule is CC(C)N(C(=O)Cn1c(=O)/c(=N\Nc2ccccc2)c(=O)n(-c2ccccc2)c2ccccc21)c1ccccc1. The van der Waals surface area contributed by atoms with Crippen molar-refractivity contribution < 1.29 is 4.79 Å². The Bertz CT molecular complexity index is 1830. The molecule has 1 heterocycles. The molecule has 0 saturated heterocycles. The summed E-state index contributed by atoms with van der Waals surface area (Å²) in [6, 6.07) is 34.3. The van der Waals surface area contributed by atoms with Crippen LogP contribution in [0.1, 0.15) is 13.8 Å². The van der Waals surface area contributed by atoms with E-state index in [1.807, 2.05) is 80.6 Å². The second-order valence-electron chi connectivity index (χ2n) is 9.49. The lowest BCUT2D eigenvalue weighted by molar-refractivity contribution is -0.119. The number of nitrogens with zero attached hydrogens (tertiary/aromatic N) is 4. The number of rotatable bonds is 7. The number of benzene rings is 4. The van der Waals surface area contributed by atoms with Crippen molar-refractivity contribution in [1.82, 2.24) is 9.13 Å². The molecule has 0 unspecified atom stereocenters. The molecule has 0 fully saturated rings. The first kappa shape index (κ1) is 26.4. The number of hydrogen-bond donors (Lipinski definition) is 1. The first-order valence-corrected chi connectivity index (χ1v) is 13.0. The van der Waals surface area contributed by atoms with Crippen LogP contribution in [0.4, 0.5) is 11.4 Å². The number of anilines is 2. The molecule has 1 N–H and O–H groups in total. The average Bonchev–Trinajstić information content (AvgIpc) is 3.06. The number of para-hydroxylation sites is 5. The van der Waals surface area contributed by atoms with E-state index in [-0.39, 0.29) is 23.9 Å². The molecule has 0 bridgehead atoms. The Kier molecular flexibility index (Phi) is 7.68. The third-order valence-corrected chi connectivity index (χ3v) is 6.46. The van der Waals surface area contributed by atoms with Crippen molar-refractivity contribution in [3.63, 3.8) is 0 Å². The van der Waals surface area contributed by atoms with Crippen molar-refractivity contribution in [3.8, 4) is 5.69 Å². The zero-order valence-corrected chi connectivity index (χ0v) is 22.3. The van der Waals surface area contributed by atoms with E-state index in [9.17, 15) is 14.4 Å². The van der Waals surface area contributed by atoms with E-state index >= 15 is 0 Å². The molecule has 0 atom stereocenters. The minimum absolute atomic E-state index is 0.164. The summed E-state index contributed by atoms with van der Waals surface area (Å²) < 4.78 is 2.79. The highest BCUT2D eigenvalue weighted by atomic mass is 16.2. The van der Waals surface area contributed by atoms with Crippen molar-refractivity contribution in [3.05, 3.63) is 141 Å². The third-order valence-electron chi connectivity index (χ3n) is 6.46. The number of carbonyl (C=O) groups is 1. The van der Waals surface area contributed by atoms with Gasteiger partial charge in [-0.2, -0.15) is 5.10 Å². The zero-order chi connectivity index (χ0) is 28.1. The molecule has 0 saturated carbocycles. The molecule has 0 spiro atoms. The maximum atomic E-state index is 14.1. The van der Waals surface area contributed by atoms with Gasteiger partial charge in [0, 0.05) is 17.4 Å². The highest BCUT2D eigenvalue weighted by Gasteiger charge is 2.22. The van der Waals surface area contributed by atoms with E-state index in [4.69, 9.17) is 0 Å². The van der Waals surface area contributed by atoms with Gasteiger partial charge in [0.1, 0.15) is 6.54 Å². The Balaban J connectivity index is 1.79. The van der Waals surface area contributed by atoms with Gasteiger partial charge in [0.05, 0.1) is 16.7 Å². The van der Waals surface area contributed by atoms with Crippen molar-refractivity contribution in [1.29, 1.82) is 0 Å². The van der Waals surface area contributed by atoms with Crippen LogP contribution in [-0.2, 0) is 11.3 Å². The van der Waals surface area contributed by atoms with Crippen LogP contribution in [0.2, 0.25) is 0 Å². The predicted octanol–water partition coefficient (Wildman–Crippen LogP) is 4.52. The molecular weight excluding hydrogens is 502 g/mol. The van der Waals surface area contributed by atoms with Crippen LogP contribution in [0.25, 0.3) is 16.7 Å². The molecule has 200 valence electrons. The zero-order valence-electron chi connectivity index (χ0n) is 22.3. The Morgan fingerprint density at radius 3 is 1.93 bits per heavy atom. The summed E-state index contributed by atoms with van der Waals surface area (Å²) in [6.07, 6.45) is 0. The van der Waals surface area contributed by atoms with Gasteiger partial charge in [-0.3, -0.25) is 28.9 Å². The average molecular weight is 532 g/mol. The molecule has 40 heavy (non-hydrogen) atoms. The molecule has 5 aromatic rings. The van der Waals surface area contributed by atoms with Crippen molar-refractivity contribution in [2.75, 3.05) is 10.3 Å². The molecule has 0 aliphatic carbocycles. The first-order valence-electron chi connectivity index (χ1n) is 13.0. The molecule has 5 rings (SSSR count). The third kappa shape index (κ3) is 5.33. The fourth-order valence-electron chi connectivity index (χ4n) is 4.67. The van der Waals surface area contributed by atoms with Crippen LogP contribution in [0.5, 0.6) is 0 Å². The van der Waals surface area contributed by atoms with Gasteiger partial charge in [-0.1, -0.05) is 66.7 Å². The van der Waals surface area contributed by atoms with Crippen LogP contribution in [0.15, 0.2) is 130 Å². The molecular formula is C32H29N5O3. The van der Waals surface area contributed by atoms with Crippen LogP contribution in [0, 0.1) is 0 Å². The highest BCUT2D eigenvalue weighted by Crippen LogP contribution is 2.19. The monoisotopic (exact) mass is 531 g/mol. The van der Waals surface area contributed by atoms with Gasteiger partial charge in [0.2, 0.25) is 11.3 Å². The maximum absolute atomic E-state index is 14.1. The number of aromatic nitrogens is 2. The van der Waals surface area contributed by atoms with E-state index in [0.717, 1.165) is 5.69 Å². The summed E-state index contributed by atoms with van der Waals surface area (Å²) >= 11 is 0. The van der Waals surface area contributed by atoms with Gasteiger partial charge in [-0.05, 0) is 62.4 Å². The molecule has 4 aromatic carbocycles. The van der Waals surface area contributed by atoms with E-state index in [1.54, 1.807) is 53.4 Å². The summed E-state index contributed by atoms with van der Waals surface area (Å²) in [7, 11) is 0. The summed E-state index contributed by atoms with van der Waals surface area (Å²) in [5.74, 6) is -0.291. The first-order chi connectivity index (χ1) is 19.5. The summed E-state index contributed by atoms with van der Waals surface area (Å²) in [4.78, 5) is 43.6. The maximum Gasteiger partial charge on any atom is 0.289 e. The van der Waals surface area contributed by atoms with Crippen molar-refractivity contribution in [2.45, 2.75) is 26.4 Å². The highest BCUT2D eigenvalue weighted by molar-refractivity contribution is 5.94. The summed E-state index contributed by atoms with van der Waals surface area (Å²) in [5, 5.41) is 3.95. The molecule has 8 heteroatoms. The van der Waals surface area contributed by atoms with Gasteiger partial charge in [-0.25, -0.2) is 0 Å². The Morgan fingerprint density at radius 1 is 0.750 bits per heavy atom. The summed E-state index contributed by atoms with van der Waals surface area (Å²) in [6.45, 7) is 3.55. The lowest BCUT2D eigenvalue weighted by Crippen LogP contribution is -2.47. The minimum atomic E-state index is -0.676. The Morgan fingerprint density at radius 2 is 1.30 bits per heavy atom. The Hall–Kier alpha value is -5.24. The molecule has 1 aromatic heterocycles. The van der Waals surface area contributed by atoms with Crippen LogP contribution in [0.3, 0.4) is 0 Å². The quantitative estimate of drug-likeness (QED) is 0.313. The largest absolute Gasteiger partial charge is 0.308 e. The molecule has 0 aliphatic heterocycles. The van der Waals surface area contributed by atoms with Gasteiger partial charge in [0.15, 0.2) is 0 Å². The van der Waals surface area contributed by atoms with Gasteiger partial charge >= 0.3 is 0 Å². The van der Waals surface area contributed by atoms with Gasteiger partial charge in [-0.15, -0.1) is 0 Å². The van der Waals surface area contributed by atoms with E-state index in [2.05, 4.69) is 10.5 Å². The topological polar surface area (TPSA) is 88.7 Å². The Labute approximate surface area is 231 Å². The van der Waals surface area contributed by atoms with E-state index in [0.29, 0.717) is 22.4 Å². The lowest BCUT2D eigenvalue weighted by atomic mass is 10.2. The van der Waals surface area contributed by atoms with Crippen LogP contribution in [-0.4, -0.2) is 21.1 Å². The fourth-order valence-corrected chi connectivity index (χ4v) is 4.67. The molecule has 8 nitrogen and oxygen atoms in total. The predicted molar refractivity (Wildman–Crippen MR) is 158 cm³/mol. The van der Waals surface area contributed by atoms with E-state index < -0.39 is 11.1 Å². The molecule has 0 radical (unpaired) electrons. The number of hydrogen-bond acceptors (Lipinski definition) is 5. The fraction of sp³-hybridized carbons (Fsp3) is 0.125. The number of nitrogens with one attached hydrogen (secondary N) is 1. The molecule has 0 aliphatic rings.